The van der Waals surface area contributed by atoms with E-state index < -0.39 is 25.4 Å². The van der Waals surface area contributed by atoms with Gasteiger partial charge in [-0.1, -0.05) is 0 Å². The molecule has 84 valence electrons. The normalized spacial score (nSPS) is 11.4. The zero-order chi connectivity index (χ0) is 11.3. The first kappa shape index (κ1) is 11.6. The lowest BCUT2D eigenvalue weighted by atomic mass is 10.0. The van der Waals surface area contributed by atoms with Crippen LogP contribution < -0.4 is 11.1 Å². The number of nitrogens with one attached hydrogen (secondary N) is 1. The molecule has 0 unspecified atom stereocenters. The molecule has 0 aliphatic heterocycles. The van der Waals surface area contributed by atoms with Crippen molar-refractivity contribution in [2.24, 2.45) is 0 Å². The predicted octanol–water partition coefficient (Wildman–Crippen LogP) is -1.81. The largest absolute Gasteiger partial charge is 0.396 e. The van der Waals surface area contributed by atoms with Crippen LogP contribution in [-0.4, -0.2) is 50.6 Å². The van der Waals surface area contributed by atoms with Crippen LogP contribution in [0, 0.1) is 0 Å². The molecule has 0 saturated carbocycles. The number of nitrogens with two attached hydrogens (primary N) is 1. The van der Waals surface area contributed by atoms with Gasteiger partial charge in [-0.25, -0.2) is 9.97 Å². The van der Waals surface area contributed by atoms with E-state index in [4.69, 9.17) is 21.1 Å². The predicted molar refractivity (Wildman–Crippen MR) is 54.1 cm³/mol. The fourth-order valence-electron chi connectivity index (χ4n) is 0.908. The molecular weight excluding hydrogens is 200 g/mol. The molecule has 1 heterocycles. The van der Waals surface area contributed by atoms with Gasteiger partial charge in [0.15, 0.2) is 0 Å². The summed E-state index contributed by atoms with van der Waals surface area (Å²) in [5.74, 6) is 0.182. The second kappa shape index (κ2) is 4.87. The summed E-state index contributed by atoms with van der Waals surface area (Å²) >= 11 is 0. The van der Waals surface area contributed by atoms with Gasteiger partial charge in [-0.3, -0.25) is 0 Å². The Labute approximate surface area is 86.6 Å². The maximum Gasteiger partial charge on any atom is 0.223 e. The molecule has 0 fully saturated rings. The number of aromatic nitrogens is 2. The van der Waals surface area contributed by atoms with Crippen molar-refractivity contribution in [2.75, 3.05) is 30.9 Å². The smallest absolute Gasteiger partial charge is 0.223 e. The Bertz CT molecular complexity index is 291. The standard InChI is InChI=1S/C8H14N4O3/c9-6-1-10-7(11-2-6)12-8(3-13,4-14)5-15/h1-2,13-15H,3-5,9H2,(H,10,11,12). The molecule has 0 spiro atoms. The molecule has 7 nitrogen and oxygen atoms in total. The third-order valence-electron chi connectivity index (χ3n) is 1.96. The van der Waals surface area contributed by atoms with Gasteiger partial charge < -0.3 is 26.4 Å². The third-order valence-corrected chi connectivity index (χ3v) is 1.96. The summed E-state index contributed by atoms with van der Waals surface area (Å²) in [6.07, 6.45) is 2.76. The Kier molecular flexibility index (Phi) is 3.78. The van der Waals surface area contributed by atoms with Crippen molar-refractivity contribution in [3.05, 3.63) is 12.4 Å². The number of nitrogen functional groups attached to an aromatic ring is 1. The molecule has 0 radical (unpaired) electrons. The van der Waals surface area contributed by atoms with Crippen LogP contribution in [-0.2, 0) is 0 Å². The van der Waals surface area contributed by atoms with Gasteiger partial charge in [0, 0.05) is 0 Å². The van der Waals surface area contributed by atoms with Gasteiger partial charge in [0.1, 0.15) is 5.54 Å². The van der Waals surface area contributed by atoms with Crippen LogP contribution in [0.5, 0.6) is 0 Å². The van der Waals surface area contributed by atoms with Gasteiger partial charge in [0.25, 0.3) is 0 Å². The van der Waals surface area contributed by atoms with Gasteiger partial charge in [-0.2, -0.15) is 0 Å². The molecule has 1 aromatic heterocycles. The molecule has 0 amide bonds. The summed E-state index contributed by atoms with van der Waals surface area (Å²) in [5.41, 5.74) is 4.57. The van der Waals surface area contributed by atoms with Gasteiger partial charge in [0.05, 0.1) is 37.9 Å². The highest BCUT2D eigenvalue weighted by Gasteiger charge is 2.28. The minimum absolute atomic E-state index is 0.182. The van der Waals surface area contributed by atoms with Crippen LogP contribution in [0.25, 0.3) is 0 Å². The molecular formula is C8H14N4O3. The van der Waals surface area contributed by atoms with E-state index in [2.05, 4.69) is 15.3 Å². The van der Waals surface area contributed by atoms with Crippen molar-refractivity contribution in [3.8, 4) is 0 Å². The van der Waals surface area contributed by atoms with E-state index in [0.29, 0.717) is 5.69 Å². The Balaban J connectivity index is 2.78. The fraction of sp³-hybridized carbons (Fsp3) is 0.500. The molecule has 7 heteroatoms. The average Bonchev–Trinajstić information content (AvgIpc) is 2.29. The molecule has 0 aliphatic rings. The van der Waals surface area contributed by atoms with Crippen molar-refractivity contribution in [1.82, 2.24) is 9.97 Å². The molecule has 0 atom stereocenters. The van der Waals surface area contributed by atoms with E-state index in [1.807, 2.05) is 0 Å². The van der Waals surface area contributed by atoms with Gasteiger partial charge in [0.2, 0.25) is 5.95 Å². The quantitative estimate of drug-likeness (QED) is 0.391. The number of aliphatic hydroxyl groups is 3. The topological polar surface area (TPSA) is 125 Å². The average molecular weight is 214 g/mol. The van der Waals surface area contributed by atoms with Crippen LogP contribution in [0.15, 0.2) is 12.4 Å². The fourth-order valence-corrected chi connectivity index (χ4v) is 0.908. The highest BCUT2D eigenvalue weighted by molar-refractivity contribution is 5.37. The van der Waals surface area contributed by atoms with E-state index in [-0.39, 0.29) is 5.95 Å². The number of hydrogen-bond donors (Lipinski definition) is 5. The van der Waals surface area contributed by atoms with Gasteiger partial charge >= 0.3 is 0 Å². The Morgan fingerprint density at radius 3 is 2.00 bits per heavy atom. The van der Waals surface area contributed by atoms with Crippen LogP contribution in [0.4, 0.5) is 11.6 Å². The first-order valence-corrected chi connectivity index (χ1v) is 4.34. The minimum atomic E-state index is -1.23. The van der Waals surface area contributed by atoms with Crippen LogP contribution in [0.1, 0.15) is 0 Å². The lowest BCUT2D eigenvalue weighted by Gasteiger charge is -2.28. The molecule has 0 aliphatic carbocycles. The minimum Gasteiger partial charge on any atom is -0.396 e. The highest BCUT2D eigenvalue weighted by Crippen LogP contribution is 2.10. The number of nitrogens with zero attached hydrogens (tertiary/aromatic N) is 2. The number of aliphatic hydroxyl groups excluding tert-OH is 3. The molecule has 0 saturated heterocycles. The number of anilines is 2. The Morgan fingerprint density at radius 1 is 1.13 bits per heavy atom. The first-order chi connectivity index (χ1) is 7.15. The summed E-state index contributed by atoms with van der Waals surface area (Å²) < 4.78 is 0. The SMILES string of the molecule is Nc1cnc(NC(CO)(CO)CO)nc1. The summed E-state index contributed by atoms with van der Waals surface area (Å²) in [5, 5.41) is 29.7. The highest BCUT2D eigenvalue weighted by atomic mass is 16.3. The van der Waals surface area contributed by atoms with E-state index in [1.54, 1.807) is 0 Å². The van der Waals surface area contributed by atoms with E-state index in [1.165, 1.54) is 12.4 Å². The second-order valence-corrected chi connectivity index (χ2v) is 3.22. The number of hydrogen-bond acceptors (Lipinski definition) is 7. The summed E-state index contributed by atoms with van der Waals surface area (Å²) in [6.45, 7) is -1.31. The maximum atomic E-state index is 9.03. The zero-order valence-corrected chi connectivity index (χ0v) is 8.09. The van der Waals surface area contributed by atoms with Crippen molar-refractivity contribution < 1.29 is 15.3 Å². The molecule has 0 bridgehead atoms. The van der Waals surface area contributed by atoms with E-state index in [0.717, 1.165) is 0 Å². The summed E-state index contributed by atoms with van der Waals surface area (Å²) in [6, 6.07) is 0. The Hall–Kier alpha value is -1.44. The van der Waals surface area contributed by atoms with Crippen molar-refractivity contribution in [1.29, 1.82) is 0 Å². The van der Waals surface area contributed by atoms with Crippen LogP contribution in [0.3, 0.4) is 0 Å². The van der Waals surface area contributed by atoms with Gasteiger partial charge in [-0.05, 0) is 0 Å². The van der Waals surface area contributed by atoms with Crippen molar-refractivity contribution >= 4 is 11.6 Å². The van der Waals surface area contributed by atoms with E-state index >= 15 is 0 Å². The van der Waals surface area contributed by atoms with E-state index in [9.17, 15) is 0 Å². The lowest BCUT2D eigenvalue weighted by molar-refractivity contribution is 0.0828. The molecule has 15 heavy (non-hydrogen) atoms. The number of rotatable bonds is 5. The van der Waals surface area contributed by atoms with Crippen molar-refractivity contribution in [3.63, 3.8) is 0 Å². The molecule has 1 rings (SSSR count). The zero-order valence-electron chi connectivity index (χ0n) is 8.09. The summed E-state index contributed by atoms with van der Waals surface area (Å²) in [7, 11) is 0. The third kappa shape index (κ3) is 2.75. The lowest BCUT2D eigenvalue weighted by Crippen LogP contribution is -2.49. The van der Waals surface area contributed by atoms with Crippen LogP contribution in [0.2, 0.25) is 0 Å². The molecule has 1 aromatic rings. The molecule has 6 N–H and O–H groups in total. The summed E-state index contributed by atoms with van der Waals surface area (Å²) in [4.78, 5) is 7.65. The molecule has 0 aromatic carbocycles. The van der Waals surface area contributed by atoms with Crippen LogP contribution >= 0.6 is 0 Å². The second-order valence-electron chi connectivity index (χ2n) is 3.22. The Morgan fingerprint density at radius 2 is 1.60 bits per heavy atom. The maximum absolute atomic E-state index is 9.03. The van der Waals surface area contributed by atoms with Gasteiger partial charge in [-0.15, -0.1) is 0 Å². The van der Waals surface area contributed by atoms with Crippen molar-refractivity contribution in [2.45, 2.75) is 5.54 Å². The first-order valence-electron chi connectivity index (χ1n) is 4.34. The monoisotopic (exact) mass is 214 g/mol.